The SMILES string of the molecule is O=C(NCCCc1nc2ccccc2s1)c1ccc(OCC(F)(F)F)nc1. The van der Waals surface area contributed by atoms with Crippen molar-refractivity contribution in [3.63, 3.8) is 0 Å². The number of amides is 1. The average molecular weight is 395 g/mol. The third kappa shape index (κ3) is 5.65. The summed E-state index contributed by atoms with van der Waals surface area (Å²) in [4.78, 5) is 20.3. The molecule has 1 amide bonds. The number of carbonyl (C=O) groups excluding carboxylic acids is 1. The van der Waals surface area contributed by atoms with Crippen LogP contribution in [0.15, 0.2) is 42.6 Å². The molecule has 3 rings (SSSR count). The summed E-state index contributed by atoms with van der Waals surface area (Å²) < 4.78 is 41.9. The Balaban J connectivity index is 1.43. The fourth-order valence-corrected chi connectivity index (χ4v) is 3.34. The topological polar surface area (TPSA) is 64.1 Å². The predicted octanol–water partition coefficient (Wildman–Crippen LogP) is 4.00. The largest absolute Gasteiger partial charge is 0.468 e. The van der Waals surface area contributed by atoms with Gasteiger partial charge in [-0.3, -0.25) is 4.79 Å². The highest BCUT2D eigenvalue weighted by molar-refractivity contribution is 7.18. The summed E-state index contributed by atoms with van der Waals surface area (Å²) in [7, 11) is 0. The van der Waals surface area contributed by atoms with Crippen LogP contribution in [0.3, 0.4) is 0 Å². The number of nitrogens with zero attached hydrogens (tertiary/aromatic N) is 2. The number of hydrogen-bond donors (Lipinski definition) is 1. The number of aryl methyl sites for hydroxylation is 1. The van der Waals surface area contributed by atoms with Gasteiger partial charge in [-0.25, -0.2) is 9.97 Å². The molecule has 27 heavy (non-hydrogen) atoms. The molecule has 2 heterocycles. The van der Waals surface area contributed by atoms with Crippen molar-refractivity contribution in [1.29, 1.82) is 0 Å². The van der Waals surface area contributed by atoms with Gasteiger partial charge in [0.15, 0.2) is 6.61 Å². The Morgan fingerprint density at radius 1 is 1.19 bits per heavy atom. The van der Waals surface area contributed by atoms with Gasteiger partial charge in [-0.2, -0.15) is 13.2 Å². The second-order valence-electron chi connectivity index (χ2n) is 5.72. The molecular formula is C18H16F3N3O2S. The van der Waals surface area contributed by atoms with E-state index in [-0.39, 0.29) is 17.4 Å². The van der Waals surface area contributed by atoms with Gasteiger partial charge in [0.05, 0.1) is 20.8 Å². The molecule has 0 fully saturated rings. The van der Waals surface area contributed by atoms with E-state index < -0.39 is 12.8 Å². The third-order valence-corrected chi connectivity index (χ3v) is 4.67. The normalized spacial score (nSPS) is 11.5. The van der Waals surface area contributed by atoms with Crippen LogP contribution in [0.1, 0.15) is 21.8 Å². The van der Waals surface area contributed by atoms with Gasteiger partial charge in [0.1, 0.15) is 0 Å². The summed E-state index contributed by atoms with van der Waals surface area (Å²) in [6.07, 6.45) is -1.76. The van der Waals surface area contributed by atoms with E-state index in [1.807, 2.05) is 24.3 Å². The van der Waals surface area contributed by atoms with Gasteiger partial charge in [0.2, 0.25) is 5.88 Å². The predicted molar refractivity (Wildman–Crippen MR) is 96.1 cm³/mol. The number of carbonyl (C=O) groups is 1. The maximum atomic E-state index is 12.1. The fraction of sp³-hybridized carbons (Fsp3) is 0.278. The molecule has 1 N–H and O–H groups in total. The van der Waals surface area contributed by atoms with Crippen molar-refractivity contribution in [3.05, 3.63) is 53.2 Å². The minimum atomic E-state index is -4.43. The molecule has 0 saturated carbocycles. The number of fused-ring (bicyclic) bond motifs is 1. The van der Waals surface area contributed by atoms with Crippen LogP contribution in [0.4, 0.5) is 13.2 Å². The molecule has 0 bridgehead atoms. The monoisotopic (exact) mass is 395 g/mol. The number of nitrogens with one attached hydrogen (secondary N) is 1. The maximum absolute atomic E-state index is 12.1. The van der Waals surface area contributed by atoms with E-state index in [4.69, 9.17) is 0 Å². The summed E-state index contributed by atoms with van der Waals surface area (Å²) in [5.74, 6) is -0.520. The number of aromatic nitrogens is 2. The molecule has 1 aromatic carbocycles. The van der Waals surface area contributed by atoms with Crippen LogP contribution in [0.5, 0.6) is 5.88 Å². The number of alkyl halides is 3. The Bertz CT molecular complexity index is 877. The highest BCUT2D eigenvalue weighted by Gasteiger charge is 2.28. The summed E-state index contributed by atoms with van der Waals surface area (Å²) in [5.41, 5.74) is 1.23. The smallest absolute Gasteiger partial charge is 0.422 e. The number of rotatable bonds is 7. The Labute approximate surface area is 157 Å². The number of thiazole rings is 1. The zero-order valence-electron chi connectivity index (χ0n) is 14.1. The van der Waals surface area contributed by atoms with Crippen molar-refractivity contribution in [2.75, 3.05) is 13.2 Å². The lowest BCUT2D eigenvalue weighted by molar-refractivity contribution is -0.154. The molecule has 0 unspecified atom stereocenters. The number of para-hydroxylation sites is 1. The first-order chi connectivity index (χ1) is 12.9. The number of pyridine rings is 1. The second kappa shape index (κ2) is 8.34. The van der Waals surface area contributed by atoms with E-state index in [9.17, 15) is 18.0 Å². The molecule has 0 atom stereocenters. The van der Waals surface area contributed by atoms with Crippen LogP contribution in [0.25, 0.3) is 10.2 Å². The minimum absolute atomic E-state index is 0.181. The number of ether oxygens (including phenoxy) is 1. The Hall–Kier alpha value is -2.68. The Morgan fingerprint density at radius 3 is 2.70 bits per heavy atom. The first-order valence-corrected chi connectivity index (χ1v) is 9.01. The summed E-state index contributed by atoms with van der Waals surface area (Å²) in [5, 5.41) is 3.77. The molecule has 142 valence electrons. The van der Waals surface area contributed by atoms with E-state index in [0.717, 1.165) is 28.1 Å². The van der Waals surface area contributed by atoms with Crippen molar-refractivity contribution >= 4 is 27.5 Å². The van der Waals surface area contributed by atoms with Gasteiger partial charge >= 0.3 is 6.18 Å². The first-order valence-electron chi connectivity index (χ1n) is 8.19. The van der Waals surface area contributed by atoms with E-state index >= 15 is 0 Å². The maximum Gasteiger partial charge on any atom is 0.422 e. The lowest BCUT2D eigenvalue weighted by Crippen LogP contribution is -2.25. The van der Waals surface area contributed by atoms with Crippen molar-refractivity contribution in [2.24, 2.45) is 0 Å². The van der Waals surface area contributed by atoms with Crippen molar-refractivity contribution in [3.8, 4) is 5.88 Å². The molecule has 0 aliphatic rings. The zero-order valence-corrected chi connectivity index (χ0v) is 14.9. The molecule has 0 aliphatic heterocycles. The van der Waals surface area contributed by atoms with Gasteiger partial charge in [-0.15, -0.1) is 11.3 Å². The second-order valence-corrected chi connectivity index (χ2v) is 6.84. The molecular weight excluding hydrogens is 379 g/mol. The van der Waals surface area contributed by atoms with E-state index in [1.54, 1.807) is 11.3 Å². The average Bonchev–Trinajstić information content (AvgIpc) is 3.06. The molecule has 0 radical (unpaired) electrons. The van der Waals surface area contributed by atoms with Gasteiger partial charge in [0.25, 0.3) is 5.91 Å². The number of benzene rings is 1. The van der Waals surface area contributed by atoms with E-state index in [1.165, 1.54) is 18.3 Å². The summed E-state index contributed by atoms with van der Waals surface area (Å²) in [6.45, 7) is -0.960. The standard InChI is InChI=1S/C18H16F3N3O2S/c19-18(20,21)11-26-15-8-7-12(10-23-15)17(25)22-9-3-6-16-24-13-4-1-2-5-14(13)27-16/h1-2,4-5,7-8,10H,3,6,9,11H2,(H,22,25). The molecule has 0 spiro atoms. The zero-order chi connectivity index (χ0) is 19.3. The highest BCUT2D eigenvalue weighted by atomic mass is 32.1. The van der Waals surface area contributed by atoms with Gasteiger partial charge < -0.3 is 10.1 Å². The molecule has 3 aromatic rings. The summed E-state index contributed by atoms with van der Waals surface area (Å²) in [6, 6.07) is 10.5. The number of halogens is 3. The van der Waals surface area contributed by atoms with E-state index in [2.05, 4.69) is 20.0 Å². The van der Waals surface area contributed by atoms with E-state index in [0.29, 0.717) is 6.54 Å². The lowest BCUT2D eigenvalue weighted by atomic mass is 10.2. The lowest BCUT2D eigenvalue weighted by Gasteiger charge is -2.08. The highest BCUT2D eigenvalue weighted by Crippen LogP contribution is 2.22. The van der Waals surface area contributed by atoms with Gasteiger partial charge in [-0.05, 0) is 24.6 Å². The number of hydrogen-bond acceptors (Lipinski definition) is 5. The summed E-state index contributed by atoms with van der Waals surface area (Å²) >= 11 is 1.63. The van der Waals surface area contributed by atoms with Crippen LogP contribution >= 0.6 is 11.3 Å². The van der Waals surface area contributed by atoms with Crippen molar-refractivity contribution in [1.82, 2.24) is 15.3 Å². The van der Waals surface area contributed by atoms with Crippen LogP contribution in [-0.4, -0.2) is 35.2 Å². The fourth-order valence-electron chi connectivity index (χ4n) is 2.33. The Kier molecular flexibility index (Phi) is 5.90. The van der Waals surface area contributed by atoms with Gasteiger partial charge in [0, 0.05) is 25.2 Å². The van der Waals surface area contributed by atoms with Crippen LogP contribution < -0.4 is 10.1 Å². The molecule has 0 saturated heterocycles. The van der Waals surface area contributed by atoms with Crippen LogP contribution in [0.2, 0.25) is 0 Å². The van der Waals surface area contributed by atoms with Crippen molar-refractivity contribution < 1.29 is 22.7 Å². The molecule has 0 aliphatic carbocycles. The van der Waals surface area contributed by atoms with Crippen molar-refractivity contribution in [2.45, 2.75) is 19.0 Å². The molecule has 5 nitrogen and oxygen atoms in total. The third-order valence-electron chi connectivity index (χ3n) is 3.57. The van der Waals surface area contributed by atoms with Crippen LogP contribution in [0, 0.1) is 0 Å². The molecule has 9 heteroatoms. The van der Waals surface area contributed by atoms with Gasteiger partial charge in [-0.1, -0.05) is 12.1 Å². The Morgan fingerprint density at radius 2 is 2.00 bits per heavy atom. The minimum Gasteiger partial charge on any atom is -0.468 e. The first kappa shape index (κ1) is 19.1. The molecule has 2 aromatic heterocycles. The quantitative estimate of drug-likeness (QED) is 0.615. The van der Waals surface area contributed by atoms with Crippen LogP contribution in [-0.2, 0) is 6.42 Å².